The summed E-state index contributed by atoms with van der Waals surface area (Å²) in [7, 11) is 3.51. The largest absolute Gasteiger partial charge is 0.359 e. The van der Waals surface area contributed by atoms with Gasteiger partial charge in [0.15, 0.2) is 5.96 Å². The lowest BCUT2D eigenvalue weighted by Gasteiger charge is -2.33. The zero-order valence-corrected chi connectivity index (χ0v) is 14.4. The number of nitrogens with zero attached hydrogens (tertiary/aromatic N) is 3. The van der Waals surface area contributed by atoms with Crippen molar-refractivity contribution in [3.05, 3.63) is 16.1 Å². The molecule has 7 heteroatoms. The highest BCUT2D eigenvalue weighted by molar-refractivity contribution is 7.09. The monoisotopic (exact) mass is 323 g/mol. The molecule has 0 bridgehead atoms. The highest BCUT2D eigenvalue weighted by Crippen LogP contribution is 2.20. The number of nitrogens with one attached hydrogen (secondary N) is 2. The lowest BCUT2D eigenvalue weighted by molar-refractivity contribution is -0.121. The van der Waals surface area contributed by atoms with Crippen molar-refractivity contribution >= 4 is 23.2 Å². The summed E-state index contributed by atoms with van der Waals surface area (Å²) in [6.07, 6.45) is 2.70. The second-order valence-electron chi connectivity index (χ2n) is 5.59. The van der Waals surface area contributed by atoms with Crippen LogP contribution in [0.4, 0.5) is 0 Å². The van der Waals surface area contributed by atoms with Crippen molar-refractivity contribution < 1.29 is 4.79 Å². The number of hydrogen-bond acceptors (Lipinski definition) is 4. The third-order valence-electron chi connectivity index (χ3n) is 3.94. The molecule has 22 heavy (non-hydrogen) atoms. The van der Waals surface area contributed by atoms with Crippen molar-refractivity contribution in [1.82, 2.24) is 20.5 Å². The lowest BCUT2D eigenvalue weighted by atomic mass is 9.93. The molecule has 2 rings (SSSR count). The normalized spacial score (nSPS) is 16.7. The average molecular weight is 323 g/mol. The number of guanidine groups is 1. The van der Waals surface area contributed by atoms with Gasteiger partial charge >= 0.3 is 0 Å². The molecule has 2 N–H and O–H groups in total. The maximum atomic E-state index is 11.4. The second kappa shape index (κ2) is 8.12. The Balaban J connectivity index is 1.79. The molecule has 2 heterocycles. The van der Waals surface area contributed by atoms with Crippen molar-refractivity contribution in [3.63, 3.8) is 0 Å². The topological polar surface area (TPSA) is 69.6 Å². The lowest BCUT2D eigenvalue weighted by Crippen LogP contribution is -2.45. The van der Waals surface area contributed by atoms with Crippen LogP contribution in [0.2, 0.25) is 0 Å². The summed E-state index contributed by atoms with van der Waals surface area (Å²) < 4.78 is 0. The van der Waals surface area contributed by atoms with Crippen molar-refractivity contribution in [2.75, 3.05) is 27.2 Å². The van der Waals surface area contributed by atoms with E-state index in [1.54, 1.807) is 18.4 Å². The first-order chi connectivity index (χ1) is 10.6. The molecule has 6 nitrogen and oxygen atoms in total. The molecule has 1 fully saturated rings. The zero-order valence-electron chi connectivity index (χ0n) is 13.6. The van der Waals surface area contributed by atoms with Crippen LogP contribution in [0, 0.1) is 12.8 Å². The molecule has 1 aromatic rings. The molecule has 0 saturated carbocycles. The van der Waals surface area contributed by atoms with Crippen LogP contribution in [0.15, 0.2) is 10.4 Å². The summed E-state index contributed by atoms with van der Waals surface area (Å²) in [6, 6.07) is 0. The Bertz CT molecular complexity index is 520. The number of rotatable bonds is 4. The van der Waals surface area contributed by atoms with E-state index in [4.69, 9.17) is 0 Å². The van der Waals surface area contributed by atoms with E-state index in [-0.39, 0.29) is 5.91 Å². The van der Waals surface area contributed by atoms with E-state index in [0.29, 0.717) is 18.9 Å². The van der Waals surface area contributed by atoms with Crippen LogP contribution in [0.3, 0.4) is 0 Å². The number of amides is 1. The van der Waals surface area contributed by atoms with Crippen molar-refractivity contribution in [3.8, 4) is 0 Å². The van der Waals surface area contributed by atoms with E-state index in [0.717, 1.165) is 42.6 Å². The fourth-order valence-electron chi connectivity index (χ4n) is 2.68. The number of piperidine rings is 1. The van der Waals surface area contributed by atoms with E-state index in [1.165, 1.54) is 0 Å². The van der Waals surface area contributed by atoms with Gasteiger partial charge in [-0.3, -0.25) is 9.79 Å². The number of hydrogen-bond donors (Lipinski definition) is 2. The first-order valence-electron chi connectivity index (χ1n) is 7.69. The van der Waals surface area contributed by atoms with Gasteiger partial charge in [-0.15, -0.1) is 11.3 Å². The molecule has 1 aromatic heterocycles. The Kier molecular flexibility index (Phi) is 6.18. The number of carbonyl (C=O) groups is 1. The summed E-state index contributed by atoms with van der Waals surface area (Å²) in [5.41, 5.74) is 1.06. The van der Waals surface area contributed by atoms with Crippen LogP contribution in [-0.4, -0.2) is 48.9 Å². The molecule has 1 saturated heterocycles. The maximum Gasteiger partial charge on any atom is 0.220 e. The minimum atomic E-state index is 0.139. The maximum absolute atomic E-state index is 11.4. The highest BCUT2D eigenvalue weighted by Gasteiger charge is 2.23. The van der Waals surface area contributed by atoms with Crippen LogP contribution in [0.5, 0.6) is 0 Å². The number of carbonyl (C=O) groups excluding carboxylic acids is 1. The number of aliphatic imine (C=N–C) groups is 1. The minimum absolute atomic E-state index is 0.139. The standard InChI is InChI=1S/C15H25N5OS/c1-11-10-22-14(19-11)9-18-15(17-3)20-6-4-12(5-7-20)8-13(21)16-2/h10,12H,4-9H2,1-3H3,(H,16,21)(H,17,18). The predicted molar refractivity (Wildman–Crippen MR) is 90.0 cm³/mol. The second-order valence-corrected chi connectivity index (χ2v) is 6.53. The summed E-state index contributed by atoms with van der Waals surface area (Å²) in [5, 5.41) is 9.22. The van der Waals surface area contributed by atoms with Crippen molar-refractivity contribution in [1.29, 1.82) is 0 Å². The first-order valence-corrected chi connectivity index (χ1v) is 8.57. The molecule has 1 aliphatic rings. The Morgan fingerprint density at radius 2 is 2.23 bits per heavy atom. The van der Waals surface area contributed by atoms with Crippen molar-refractivity contribution in [2.45, 2.75) is 32.7 Å². The van der Waals surface area contributed by atoms with E-state index >= 15 is 0 Å². The predicted octanol–water partition coefficient (Wildman–Crippen LogP) is 1.38. The summed E-state index contributed by atoms with van der Waals surface area (Å²) in [4.78, 5) is 22.5. The third-order valence-corrected chi connectivity index (χ3v) is 4.91. The van der Waals surface area contributed by atoms with Crippen molar-refractivity contribution in [2.24, 2.45) is 10.9 Å². The first kappa shape index (κ1) is 16.7. The molecule has 0 unspecified atom stereocenters. The Labute approximate surface area is 136 Å². The van der Waals surface area contributed by atoms with Gasteiger partial charge < -0.3 is 15.5 Å². The smallest absolute Gasteiger partial charge is 0.220 e. The average Bonchev–Trinajstić information content (AvgIpc) is 2.95. The van der Waals surface area contributed by atoms with Crippen LogP contribution in [0.1, 0.15) is 30.0 Å². The number of thiazole rings is 1. The molecule has 0 atom stereocenters. The third kappa shape index (κ3) is 4.69. The highest BCUT2D eigenvalue weighted by atomic mass is 32.1. The Morgan fingerprint density at radius 1 is 1.50 bits per heavy atom. The van der Waals surface area contributed by atoms with E-state index in [1.807, 2.05) is 14.0 Å². The van der Waals surface area contributed by atoms with Gasteiger partial charge in [-0.1, -0.05) is 0 Å². The van der Waals surface area contributed by atoms with E-state index < -0.39 is 0 Å². The summed E-state index contributed by atoms with van der Waals surface area (Å²) in [5.74, 6) is 1.54. The van der Waals surface area contributed by atoms with E-state index in [2.05, 4.69) is 30.9 Å². The minimum Gasteiger partial charge on any atom is -0.359 e. The molecular weight excluding hydrogens is 298 g/mol. The summed E-state index contributed by atoms with van der Waals surface area (Å²) in [6.45, 7) is 4.60. The molecule has 1 aliphatic heterocycles. The zero-order chi connectivity index (χ0) is 15.9. The molecular formula is C15H25N5OS. The molecule has 122 valence electrons. The molecule has 1 amide bonds. The molecule has 0 radical (unpaired) electrons. The number of aryl methyl sites for hydroxylation is 1. The molecule has 0 spiro atoms. The molecule has 0 aliphatic carbocycles. The van der Waals surface area contributed by atoms with Gasteiger partial charge in [-0.05, 0) is 25.7 Å². The SMILES string of the molecule is CN=C(NCc1nc(C)cs1)N1CCC(CC(=O)NC)CC1. The van der Waals surface area contributed by atoms with Gasteiger partial charge in [-0.25, -0.2) is 4.98 Å². The van der Waals surface area contributed by atoms with Crippen LogP contribution < -0.4 is 10.6 Å². The fourth-order valence-corrected chi connectivity index (χ4v) is 3.40. The van der Waals surface area contributed by atoms with E-state index in [9.17, 15) is 4.79 Å². The van der Waals surface area contributed by atoms with Gasteiger partial charge in [0.1, 0.15) is 5.01 Å². The molecule has 0 aromatic carbocycles. The number of likely N-dealkylation sites (tertiary alicyclic amines) is 1. The Hall–Kier alpha value is -1.63. The van der Waals surface area contributed by atoms with Gasteiger partial charge in [0.05, 0.1) is 6.54 Å². The Morgan fingerprint density at radius 3 is 2.77 bits per heavy atom. The van der Waals surface area contributed by atoms with Gasteiger partial charge in [0.25, 0.3) is 0 Å². The van der Waals surface area contributed by atoms with Gasteiger partial charge in [0, 0.05) is 44.7 Å². The van der Waals surface area contributed by atoms with Crippen LogP contribution in [0.25, 0.3) is 0 Å². The van der Waals surface area contributed by atoms with Crippen LogP contribution >= 0.6 is 11.3 Å². The van der Waals surface area contributed by atoms with Crippen LogP contribution in [-0.2, 0) is 11.3 Å². The quantitative estimate of drug-likeness (QED) is 0.649. The summed E-state index contributed by atoms with van der Waals surface area (Å²) >= 11 is 1.67. The number of aromatic nitrogens is 1. The van der Waals surface area contributed by atoms with Gasteiger partial charge in [0.2, 0.25) is 5.91 Å². The van der Waals surface area contributed by atoms with Gasteiger partial charge in [-0.2, -0.15) is 0 Å². The fraction of sp³-hybridized carbons (Fsp3) is 0.667.